The van der Waals surface area contributed by atoms with Crippen LogP contribution in [0.15, 0.2) is 61.2 Å². The van der Waals surface area contributed by atoms with E-state index in [9.17, 15) is 10.1 Å². The fourth-order valence-corrected chi connectivity index (χ4v) is 3.66. The lowest BCUT2D eigenvalue weighted by Crippen LogP contribution is -2.39. The molecule has 9 heteroatoms. The zero-order chi connectivity index (χ0) is 19.4. The number of aromatic nitrogens is 2. The van der Waals surface area contributed by atoms with Crippen LogP contribution < -0.4 is 0 Å². The molecule has 0 saturated carbocycles. The van der Waals surface area contributed by atoms with E-state index in [-0.39, 0.29) is 18.0 Å². The predicted molar refractivity (Wildman–Crippen MR) is 104 cm³/mol. The number of nitrogens with zero attached hydrogens (tertiary/aromatic N) is 3. The zero-order valence-electron chi connectivity index (χ0n) is 13.9. The number of hydrogen-bond donors (Lipinski definition) is 0. The number of benzene rings is 2. The molecule has 6 nitrogen and oxygen atoms in total. The van der Waals surface area contributed by atoms with E-state index in [1.54, 1.807) is 59.7 Å². The van der Waals surface area contributed by atoms with Gasteiger partial charge in [0.1, 0.15) is 0 Å². The normalized spacial score (nSPS) is 13.1. The summed E-state index contributed by atoms with van der Waals surface area (Å²) in [7, 11) is 0. The molecule has 1 aromatic heterocycles. The third kappa shape index (κ3) is 4.71. The largest absolute Gasteiger partial charge is 0.335 e. The van der Waals surface area contributed by atoms with Crippen molar-refractivity contribution in [1.82, 2.24) is 9.55 Å². The zero-order valence-corrected chi connectivity index (χ0v) is 16.2. The smallest absolute Gasteiger partial charge is 0.295 e. The molecule has 1 heterocycles. The lowest BCUT2D eigenvalue weighted by atomic mass is 9.86. The van der Waals surface area contributed by atoms with Crippen LogP contribution in [0.1, 0.15) is 11.1 Å². The minimum absolute atomic E-state index is 0.123. The lowest BCUT2D eigenvalue weighted by Gasteiger charge is -2.33. The molecule has 3 aromatic rings. The molecule has 1 unspecified atom stereocenters. The Morgan fingerprint density at radius 2 is 1.81 bits per heavy atom. The monoisotopic (exact) mass is 425 g/mol. The molecule has 0 saturated heterocycles. The van der Waals surface area contributed by atoms with Crippen LogP contribution in [-0.2, 0) is 23.4 Å². The summed E-state index contributed by atoms with van der Waals surface area (Å²) in [5, 5.41) is 11.9. The van der Waals surface area contributed by atoms with Gasteiger partial charge in [0.25, 0.3) is 5.09 Å². The second-order valence-electron chi connectivity index (χ2n) is 5.97. The Morgan fingerprint density at radius 3 is 2.41 bits per heavy atom. The number of rotatable bonds is 7. The van der Waals surface area contributed by atoms with Gasteiger partial charge in [0.05, 0.1) is 12.9 Å². The minimum Gasteiger partial charge on any atom is -0.335 e. The summed E-state index contributed by atoms with van der Waals surface area (Å²) in [4.78, 5) is 20.7. The molecule has 0 aliphatic heterocycles. The maximum atomic E-state index is 11.4. The van der Waals surface area contributed by atoms with Crippen LogP contribution in [0, 0.1) is 10.1 Å². The van der Waals surface area contributed by atoms with Crippen LogP contribution in [0.3, 0.4) is 0 Å². The van der Waals surface area contributed by atoms with E-state index in [4.69, 9.17) is 39.6 Å². The van der Waals surface area contributed by atoms with Crippen molar-refractivity contribution >= 4 is 34.8 Å². The van der Waals surface area contributed by atoms with Crippen molar-refractivity contribution in [3.05, 3.63) is 97.5 Å². The first kappa shape index (κ1) is 19.5. The molecule has 3 rings (SSSR count). The van der Waals surface area contributed by atoms with E-state index in [1.165, 1.54) is 6.07 Å². The van der Waals surface area contributed by atoms with Crippen molar-refractivity contribution in [2.75, 3.05) is 0 Å². The van der Waals surface area contributed by atoms with Crippen molar-refractivity contribution in [3.8, 4) is 0 Å². The molecule has 2 aromatic carbocycles. The Balaban J connectivity index is 2.13. The van der Waals surface area contributed by atoms with Crippen LogP contribution in [0.4, 0.5) is 0 Å². The first-order chi connectivity index (χ1) is 12.9. The maximum Gasteiger partial charge on any atom is 0.295 e. The highest BCUT2D eigenvalue weighted by molar-refractivity contribution is 6.35. The first-order valence-corrected chi connectivity index (χ1v) is 9.01. The van der Waals surface area contributed by atoms with Gasteiger partial charge in [-0.2, -0.15) is 0 Å². The average Bonchev–Trinajstić information content (AvgIpc) is 3.09. The summed E-state index contributed by atoms with van der Waals surface area (Å²) in [6.45, 7) is 0.123. The first-order valence-electron chi connectivity index (χ1n) is 7.87. The summed E-state index contributed by atoms with van der Waals surface area (Å²) < 4.78 is 1.70. The van der Waals surface area contributed by atoms with Crippen molar-refractivity contribution in [2.45, 2.75) is 18.6 Å². The summed E-state index contributed by atoms with van der Waals surface area (Å²) in [6, 6.07) is 11.8. The van der Waals surface area contributed by atoms with E-state index in [1.807, 2.05) is 0 Å². The summed E-state index contributed by atoms with van der Waals surface area (Å²) in [5.74, 6) is 0. The molecule has 0 amide bonds. The van der Waals surface area contributed by atoms with E-state index in [2.05, 4.69) is 4.98 Å². The van der Waals surface area contributed by atoms with Gasteiger partial charge >= 0.3 is 0 Å². The Kier molecular flexibility index (Phi) is 5.89. The predicted octanol–water partition coefficient (Wildman–Crippen LogP) is 5.19. The molecule has 1 atom stereocenters. The van der Waals surface area contributed by atoms with Crippen LogP contribution in [-0.4, -0.2) is 14.6 Å². The highest BCUT2D eigenvalue weighted by Crippen LogP contribution is 2.38. The van der Waals surface area contributed by atoms with Gasteiger partial charge in [-0.1, -0.05) is 53.0 Å². The fourth-order valence-electron chi connectivity index (χ4n) is 2.96. The molecule has 140 valence electrons. The maximum absolute atomic E-state index is 11.4. The molecular formula is C18H14Cl3N3O3. The van der Waals surface area contributed by atoms with Gasteiger partial charge in [-0.3, -0.25) is 0 Å². The van der Waals surface area contributed by atoms with E-state index in [0.717, 1.165) is 5.56 Å². The molecule has 0 bridgehead atoms. The molecule has 0 radical (unpaired) electrons. The molecule has 0 spiro atoms. The Morgan fingerprint density at radius 1 is 1.11 bits per heavy atom. The lowest BCUT2D eigenvalue weighted by molar-refractivity contribution is -0.785. The van der Waals surface area contributed by atoms with Crippen LogP contribution in [0.25, 0.3) is 0 Å². The topological polar surface area (TPSA) is 70.2 Å². The minimum atomic E-state index is -1.39. The second-order valence-corrected chi connectivity index (χ2v) is 7.25. The van der Waals surface area contributed by atoms with E-state index in [0.29, 0.717) is 15.6 Å². The summed E-state index contributed by atoms with van der Waals surface area (Å²) >= 11 is 18.4. The number of halogens is 3. The van der Waals surface area contributed by atoms with Crippen molar-refractivity contribution < 1.29 is 9.92 Å². The molecule has 0 aliphatic rings. The van der Waals surface area contributed by atoms with Crippen molar-refractivity contribution in [1.29, 1.82) is 0 Å². The van der Waals surface area contributed by atoms with Crippen molar-refractivity contribution in [2.24, 2.45) is 0 Å². The Bertz CT molecular complexity index is 933. The number of hydrogen-bond acceptors (Lipinski definition) is 4. The van der Waals surface area contributed by atoms with Crippen molar-refractivity contribution in [3.63, 3.8) is 0 Å². The third-order valence-corrected chi connectivity index (χ3v) is 4.87. The molecule has 0 N–H and O–H groups in total. The molecule has 0 fully saturated rings. The highest BCUT2D eigenvalue weighted by atomic mass is 35.5. The van der Waals surface area contributed by atoms with Gasteiger partial charge in [0.15, 0.2) is 5.60 Å². The van der Waals surface area contributed by atoms with E-state index >= 15 is 0 Å². The second kappa shape index (κ2) is 8.17. The third-order valence-electron chi connectivity index (χ3n) is 4.07. The summed E-state index contributed by atoms with van der Waals surface area (Å²) in [6.07, 6.45) is 5.03. The fraction of sp³-hybridized carbons (Fsp3) is 0.167. The van der Waals surface area contributed by atoms with Gasteiger partial charge in [0.2, 0.25) is 0 Å². The van der Waals surface area contributed by atoms with Crippen LogP contribution >= 0.6 is 34.8 Å². The number of imidazole rings is 1. The molecule has 27 heavy (non-hydrogen) atoms. The average molecular weight is 427 g/mol. The van der Waals surface area contributed by atoms with Gasteiger partial charge in [0, 0.05) is 39.4 Å². The quantitative estimate of drug-likeness (QED) is 0.385. The van der Waals surface area contributed by atoms with Gasteiger partial charge in [-0.05, 0) is 29.8 Å². The molecule has 0 aliphatic carbocycles. The van der Waals surface area contributed by atoms with Crippen LogP contribution in [0.5, 0.6) is 0 Å². The van der Waals surface area contributed by atoms with Gasteiger partial charge < -0.3 is 9.40 Å². The van der Waals surface area contributed by atoms with E-state index < -0.39 is 10.7 Å². The van der Waals surface area contributed by atoms with Crippen LogP contribution in [0.2, 0.25) is 15.1 Å². The molecular weight excluding hydrogens is 413 g/mol. The highest BCUT2D eigenvalue weighted by Gasteiger charge is 2.39. The Labute approximate surface area is 170 Å². The summed E-state index contributed by atoms with van der Waals surface area (Å²) in [5.41, 5.74) is -0.138. The van der Waals surface area contributed by atoms with Gasteiger partial charge in [-0.15, -0.1) is 10.1 Å². The SMILES string of the molecule is O=[N+]([O-])OC(Cc1ccc(Cl)cc1)(Cn1ccnc1)c1ccc(Cl)cc1Cl. The Hall–Kier alpha value is -2.28. The van der Waals surface area contributed by atoms with Gasteiger partial charge in [-0.25, -0.2) is 4.98 Å². The standard InChI is InChI=1S/C18H14Cl3N3O3/c19-14-3-1-13(2-4-14)10-18(27-24(25)26,11-23-8-7-22-12-23)16-6-5-15(20)9-17(16)21/h1-9,12H,10-11H2.